The van der Waals surface area contributed by atoms with Crippen LogP contribution in [0.2, 0.25) is 0 Å². The maximum absolute atomic E-state index is 12.5. The van der Waals surface area contributed by atoms with Gasteiger partial charge < -0.3 is 9.80 Å². The molecule has 2 aliphatic heterocycles. The second-order valence-electron chi connectivity index (χ2n) is 6.41. The Hall–Kier alpha value is -1.74. The van der Waals surface area contributed by atoms with E-state index in [9.17, 15) is 4.79 Å². The highest BCUT2D eigenvalue weighted by molar-refractivity contribution is 14.1. The Morgan fingerprint density at radius 2 is 1.80 bits per heavy atom. The summed E-state index contributed by atoms with van der Waals surface area (Å²) in [5.41, 5.74) is 1.01. The summed E-state index contributed by atoms with van der Waals surface area (Å²) in [7, 11) is 0. The van der Waals surface area contributed by atoms with Gasteiger partial charge in [-0.25, -0.2) is 9.97 Å². The molecule has 1 aromatic heterocycles. The fourth-order valence-corrected chi connectivity index (χ4v) is 4.10. The van der Waals surface area contributed by atoms with Crippen LogP contribution >= 0.6 is 22.6 Å². The van der Waals surface area contributed by atoms with E-state index in [-0.39, 0.29) is 5.91 Å². The molecule has 4 rings (SSSR count). The molecule has 1 aromatic carbocycles. The molecule has 0 spiro atoms. The van der Waals surface area contributed by atoms with Crippen LogP contribution in [0.15, 0.2) is 42.7 Å². The van der Waals surface area contributed by atoms with Gasteiger partial charge in [0.25, 0.3) is 0 Å². The van der Waals surface area contributed by atoms with E-state index in [0.29, 0.717) is 12.5 Å². The van der Waals surface area contributed by atoms with Crippen LogP contribution in [0.1, 0.15) is 6.42 Å². The standard InChI is InChI=1S/C18H20IN5O/c19-14-3-1-4-15(11-14)24-13-16(12-17(24)25)22-7-9-23(10-8-22)18-20-5-2-6-21-18/h1-6,11,16H,7-10,12-13H2/t16-/m0/s1. The lowest BCUT2D eigenvalue weighted by atomic mass is 10.2. The Morgan fingerprint density at radius 3 is 2.52 bits per heavy atom. The molecule has 7 heteroatoms. The van der Waals surface area contributed by atoms with Crippen molar-refractivity contribution in [3.8, 4) is 0 Å². The highest BCUT2D eigenvalue weighted by Gasteiger charge is 2.35. The number of carbonyl (C=O) groups is 1. The van der Waals surface area contributed by atoms with Gasteiger partial charge >= 0.3 is 0 Å². The van der Waals surface area contributed by atoms with E-state index in [0.717, 1.165) is 47.9 Å². The third-order valence-corrected chi connectivity index (χ3v) is 5.56. The fraction of sp³-hybridized carbons (Fsp3) is 0.389. The molecule has 0 unspecified atom stereocenters. The fourth-order valence-electron chi connectivity index (χ4n) is 3.57. The van der Waals surface area contributed by atoms with Crippen LogP contribution in [0, 0.1) is 3.57 Å². The Labute approximate surface area is 161 Å². The van der Waals surface area contributed by atoms with Gasteiger partial charge in [0.1, 0.15) is 0 Å². The SMILES string of the molecule is O=C1C[C@H](N2CCN(c3ncccn3)CC2)CN1c1cccc(I)c1. The van der Waals surface area contributed by atoms with Crippen LogP contribution in [0.4, 0.5) is 11.6 Å². The van der Waals surface area contributed by atoms with Gasteiger partial charge in [0.2, 0.25) is 11.9 Å². The smallest absolute Gasteiger partial charge is 0.228 e. The van der Waals surface area contributed by atoms with Crippen LogP contribution in [-0.4, -0.2) is 59.5 Å². The van der Waals surface area contributed by atoms with Gasteiger partial charge in [-0.1, -0.05) is 6.07 Å². The number of aromatic nitrogens is 2. The van der Waals surface area contributed by atoms with E-state index >= 15 is 0 Å². The number of carbonyl (C=O) groups excluding carboxylic acids is 1. The normalized spacial score (nSPS) is 21.8. The van der Waals surface area contributed by atoms with Crippen molar-refractivity contribution in [1.82, 2.24) is 14.9 Å². The van der Waals surface area contributed by atoms with Crippen molar-refractivity contribution in [2.24, 2.45) is 0 Å². The molecule has 0 N–H and O–H groups in total. The quantitative estimate of drug-likeness (QED) is 0.672. The molecule has 0 bridgehead atoms. The number of anilines is 2. The average Bonchev–Trinajstić information content (AvgIpc) is 3.04. The van der Waals surface area contributed by atoms with E-state index in [1.807, 2.05) is 29.2 Å². The maximum atomic E-state index is 12.5. The zero-order valence-electron chi connectivity index (χ0n) is 13.9. The number of rotatable bonds is 3. The Bertz CT molecular complexity index is 748. The summed E-state index contributed by atoms with van der Waals surface area (Å²) in [6, 6.07) is 10.3. The van der Waals surface area contributed by atoms with Crippen molar-refractivity contribution in [2.45, 2.75) is 12.5 Å². The summed E-state index contributed by atoms with van der Waals surface area (Å²) in [6.45, 7) is 4.46. The highest BCUT2D eigenvalue weighted by atomic mass is 127. The first-order valence-corrected chi connectivity index (χ1v) is 9.60. The lowest BCUT2D eigenvalue weighted by molar-refractivity contribution is -0.117. The highest BCUT2D eigenvalue weighted by Crippen LogP contribution is 2.26. The Balaban J connectivity index is 1.39. The second kappa shape index (κ2) is 7.25. The van der Waals surface area contributed by atoms with Gasteiger partial charge in [0.15, 0.2) is 0 Å². The van der Waals surface area contributed by atoms with Crippen molar-refractivity contribution in [3.63, 3.8) is 0 Å². The molecule has 0 aliphatic carbocycles. The number of amides is 1. The van der Waals surface area contributed by atoms with Crippen molar-refractivity contribution < 1.29 is 4.79 Å². The number of hydrogen-bond donors (Lipinski definition) is 0. The molecule has 2 saturated heterocycles. The van der Waals surface area contributed by atoms with Crippen molar-refractivity contribution in [2.75, 3.05) is 42.5 Å². The molecule has 1 amide bonds. The van der Waals surface area contributed by atoms with Crippen molar-refractivity contribution in [3.05, 3.63) is 46.3 Å². The van der Waals surface area contributed by atoms with E-state index in [2.05, 4.69) is 48.4 Å². The molecule has 0 saturated carbocycles. The van der Waals surface area contributed by atoms with E-state index in [1.54, 1.807) is 12.4 Å². The Morgan fingerprint density at radius 1 is 1.04 bits per heavy atom. The van der Waals surface area contributed by atoms with Crippen LogP contribution < -0.4 is 9.80 Å². The summed E-state index contributed by atoms with van der Waals surface area (Å²) in [6.07, 6.45) is 4.17. The minimum absolute atomic E-state index is 0.223. The van der Waals surface area contributed by atoms with Gasteiger partial charge in [0.05, 0.1) is 0 Å². The summed E-state index contributed by atoms with van der Waals surface area (Å²) in [5.74, 6) is 1.02. The molecule has 3 heterocycles. The summed E-state index contributed by atoms with van der Waals surface area (Å²) >= 11 is 2.29. The molecule has 2 fully saturated rings. The lowest BCUT2D eigenvalue weighted by Gasteiger charge is -2.37. The van der Waals surface area contributed by atoms with Crippen LogP contribution in [0.5, 0.6) is 0 Å². The predicted octanol–water partition coefficient (Wildman–Crippen LogP) is 2.01. The van der Waals surface area contributed by atoms with Crippen LogP contribution in [0.25, 0.3) is 0 Å². The van der Waals surface area contributed by atoms with Gasteiger partial charge in [0, 0.05) is 66.8 Å². The molecule has 25 heavy (non-hydrogen) atoms. The zero-order chi connectivity index (χ0) is 17.2. The Kier molecular flexibility index (Phi) is 4.85. The minimum Gasteiger partial charge on any atom is -0.338 e. The summed E-state index contributed by atoms with van der Waals surface area (Å²) < 4.78 is 1.16. The second-order valence-corrected chi connectivity index (χ2v) is 7.66. The van der Waals surface area contributed by atoms with E-state index < -0.39 is 0 Å². The first kappa shape index (κ1) is 16.7. The number of halogens is 1. The molecular weight excluding hydrogens is 429 g/mol. The average molecular weight is 449 g/mol. The molecule has 0 radical (unpaired) electrons. The van der Waals surface area contributed by atoms with Gasteiger partial charge in [-0.15, -0.1) is 0 Å². The van der Waals surface area contributed by atoms with Gasteiger partial charge in [-0.2, -0.15) is 0 Å². The predicted molar refractivity (Wildman–Crippen MR) is 106 cm³/mol. The van der Waals surface area contributed by atoms with Crippen molar-refractivity contribution in [1.29, 1.82) is 0 Å². The molecule has 6 nitrogen and oxygen atoms in total. The monoisotopic (exact) mass is 449 g/mol. The first-order chi connectivity index (χ1) is 12.2. The number of benzene rings is 1. The summed E-state index contributed by atoms with van der Waals surface area (Å²) in [4.78, 5) is 27.7. The number of piperazine rings is 1. The van der Waals surface area contributed by atoms with E-state index in [1.165, 1.54) is 0 Å². The minimum atomic E-state index is 0.223. The third-order valence-electron chi connectivity index (χ3n) is 4.89. The summed E-state index contributed by atoms with van der Waals surface area (Å²) in [5, 5.41) is 0. The molecule has 2 aromatic rings. The topological polar surface area (TPSA) is 52.6 Å². The largest absolute Gasteiger partial charge is 0.338 e. The van der Waals surface area contributed by atoms with Gasteiger partial charge in [-0.05, 0) is 46.9 Å². The number of nitrogens with zero attached hydrogens (tertiary/aromatic N) is 5. The lowest BCUT2D eigenvalue weighted by Crippen LogP contribution is -2.51. The number of hydrogen-bond acceptors (Lipinski definition) is 5. The van der Waals surface area contributed by atoms with Crippen LogP contribution in [-0.2, 0) is 4.79 Å². The zero-order valence-corrected chi connectivity index (χ0v) is 16.0. The van der Waals surface area contributed by atoms with E-state index in [4.69, 9.17) is 0 Å². The molecule has 2 aliphatic rings. The molecular formula is C18H20IN5O. The van der Waals surface area contributed by atoms with Gasteiger partial charge in [-0.3, -0.25) is 9.69 Å². The van der Waals surface area contributed by atoms with Crippen molar-refractivity contribution >= 4 is 40.1 Å². The maximum Gasteiger partial charge on any atom is 0.228 e. The van der Waals surface area contributed by atoms with Crippen LogP contribution in [0.3, 0.4) is 0 Å². The molecule has 1 atom stereocenters. The molecule has 130 valence electrons. The third kappa shape index (κ3) is 3.62. The first-order valence-electron chi connectivity index (χ1n) is 8.52.